The number of alkyl halides is 1. The third kappa shape index (κ3) is 2.42. The molecule has 108 valence electrons. The molecule has 21 heavy (non-hydrogen) atoms. The van der Waals surface area contributed by atoms with Gasteiger partial charge in [0.15, 0.2) is 5.65 Å². The Labute approximate surface area is 131 Å². The first kappa shape index (κ1) is 14.1. The van der Waals surface area contributed by atoms with Crippen LogP contribution in [0.5, 0.6) is 5.75 Å². The molecular weight excluding hydrogens is 330 g/mol. The van der Waals surface area contributed by atoms with E-state index >= 15 is 0 Å². The van der Waals surface area contributed by atoms with E-state index < -0.39 is 0 Å². The van der Waals surface area contributed by atoms with Gasteiger partial charge >= 0.3 is 0 Å². The number of aryl methyl sites for hydroxylation is 2. The van der Waals surface area contributed by atoms with E-state index in [4.69, 9.17) is 4.74 Å². The highest BCUT2D eigenvalue weighted by Crippen LogP contribution is 2.32. The van der Waals surface area contributed by atoms with E-state index in [1.165, 1.54) is 16.7 Å². The van der Waals surface area contributed by atoms with Gasteiger partial charge in [-0.3, -0.25) is 0 Å². The van der Waals surface area contributed by atoms with Crippen LogP contribution >= 0.6 is 15.9 Å². The summed E-state index contributed by atoms with van der Waals surface area (Å²) in [4.78, 5) is 4.30. The number of ether oxygens (including phenoxy) is 1. The van der Waals surface area contributed by atoms with Crippen LogP contribution in [0.15, 0.2) is 30.7 Å². The lowest BCUT2D eigenvalue weighted by Crippen LogP contribution is -1.97. The number of benzene rings is 1. The van der Waals surface area contributed by atoms with E-state index in [0.717, 1.165) is 27.9 Å². The van der Waals surface area contributed by atoms with Crippen LogP contribution in [0, 0.1) is 13.8 Å². The van der Waals surface area contributed by atoms with Gasteiger partial charge in [-0.1, -0.05) is 15.9 Å². The van der Waals surface area contributed by atoms with Gasteiger partial charge in [-0.15, -0.1) is 0 Å². The molecule has 3 aromatic rings. The smallest absolute Gasteiger partial charge is 0.159 e. The first-order valence-corrected chi connectivity index (χ1v) is 7.80. The Morgan fingerprint density at radius 3 is 2.52 bits per heavy atom. The summed E-state index contributed by atoms with van der Waals surface area (Å²) in [5.41, 5.74) is 6.74. The van der Waals surface area contributed by atoms with Crippen LogP contribution in [0.3, 0.4) is 0 Å². The molecular formula is C16H16BrN3O. The van der Waals surface area contributed by atoms with Gasteiger partial charge in [-0.2, -0.15) is 5.10 Å². The van der Waals surface area contributed by atoms with Crippen molar-refractivity contribution in [2.24, 2.45) is 0 Å². The van der Waals surface area contributed by atoms with Crippen LogP contribution in [0.2, 0.25) is 0 Å². The zero-order chi connectivity index (χ0) is 15.0. The maximum absolute atomic E-state index is 5.33. The molecule has 0 saturated carbocycles. The van der Waals surface area contributed by atoms with Gasteiger partial charge in [-0.25, -0.2) is 9.50 Å². The summed E-state index contributed by atoms with van der Waals surface area (Å²) >= 11 is 3.53. The fourth-order valence-corrected chi connectivity index (χ4v) is 3.14. The monoisotopic (exact) mass is 345 g/mol. The third-order valence-electron chi connectivity index (χ3n) is 3.63. The maximum atomic E-state index is 5.33. The molecule has 3 rings (SSSR count). The van der Waals surface area contributed by atoms with Crippen molar-refractivity contribution in [2.75, 3.05) is 7.11 Å². The number of nitrogens with zero attached hydrogens (tertiary/aromatic N) is 3. The minimum Gasteiger partial charge on any atom is -0.497 e. The molecule has 0 spiro atoms. The van der Waals surface area contributed by atoms with Gasteiger partial charge in [-0.05, 0) is 48.7 Å². The second-order valence-electron chi connectivity index (χ2n) is 5.05. The van der Waals surface area contributed by atoms with Crippen LogP contribution in [0.4, 0.5) is 0 Å². The molecule has 0 bridgehead atoms. The topological polar surface area (TPSA) is 39.4 Å². The highest BCUT2D eigenvalue weighted by molar-refractivity contribution is 9.08. The van der Waals surface area contributed by atoms with Crippen LogP contribution < -0.4 is 4.74 Å². The molecule has 0 saturated heterocycles. The number of aromatic nitrogens is 3. The van der Waals surface area contributed by atoms with E-state index in [2.05, 4.69) is 58.1 Å². The zero-order valence-corrected chi connectivity index (χ0v) is 13.8. The lowest BCUT2D eigenvalue weighted by Gasteiger charge is -2.13. The molecule has 0 N–H and O–H groups in total. The van der Waals surface area contributed by atoms with Crippen molar-refractivity contribution >= 4 is 21.6 Å². The Hall–Kier alpha value is -1.88. The summed E-state index contributed by atoms with van der Waals surface area (Å²) < 4.78 is 7.16. The number of hydrogen-bond donors (Lipinski definition) is 0. The van der Waals surface area contributed by atoms with Crippen molar-refractivity contribution in [1.82, 2.24) is 14.6 Å². The van der Waals surface area contributed by atoms with Gasteiger partial charge in [0.1, 0.15) is 12.1 Å². The van der Waals surface area contributed by atoms with E-state index in [9.17, 15) is 0 Å². The Balaban J connectivity index is 2.25. The van der Waals surface area contributed by atoms with Crippen LogP contribution in [-0.4, -0.2) is 21.7 Å². The number of methoxy groups -OCH3 is 1. The summed E-state index contributed by atoms with van der Waals surface area (Å²) in [6.45, 7) is 4.20. The van der Waals surface area contributed by atoms with Crippen molar-refractivity contribution < 1.29 is 4.74 Å². The zero-order valence-electron chi connectivity index (χ0n) is 12.2. The van der Waals surface area contributed by atoms with Gasteiger partial charge in [0.05, 0.1) is 7.11 Å². The molecule has 4 nitrogen and oxygen atoms in total. The average molecular weight is 346 g/mol. The summed E-state index contributed by atoms with van der Waals surface area (Å²) in [5.74, 6) is 0.885. The van der Waals surface area contributed by atoms with Crippen molar-refractivity contribution in [2.45, 2.75) is 19.2 Å². The van der Waals surface area contributed by atoms with Gasteiger partial charge < -0.3 is 4.74 Å². The fraction of sp³-hybridized carbons (Fsp3) is 0.250. The maximum Gasteiger partial charge on any atom is 0.159 e. The average Bonchev–Trinajstić information content (AvgIpc) is 2.93. The van der Waals surface area contributed by atoms with E-state index in [0.29, 0.717) is 0 Å². The number of fused-ring (bicyclic) bond motifs is 1. The second-order valence-corrected chi connectivity index (χ2v) is 5.61. The van der Waals surface area contributed by atoms with Crippen LogP contribution in [0.25, 0.3) is 16.8 Å². The van der Waals surface area contributed by atoms with Crippen molar-refractivity contribution in [3.63, 3.8) is 0 Å². The third-order valence-corrected chi connectivity index (χ3v) is 4.23. The second kappa shape index (κ2) is 5.48. The van der Waals surface area contributed by atoms with Gasteiger partial charge in [0.2, 0.25) is 0 Å². The Morgan fingerprint density at radius 2 is 1.90 bits per heavy atom. The Kier molecular flexibility index (Phi) is 3.68. The van der Waals surface area contributed by atoms with Crippen LogP contribution in [0.1, 0.15) is 16.7 Å². The highest BCUT2D eigenvalue weighted by Gasteiger charge is 2.12. The predicted molar refractivity (Wildman–Crippen MR) is 87.1 cm³/mol. The normalized spacial score (nSPS) is 11.0. The molecule has 0 aliphatic rings. The number of halogens is 1. The SMILES string of the molecule is COc1cc(C)c(-c2cc(CBr)c3ncnn3c2)c(C)c1. The number of hydrogen-bond acceptors (Lipinski definition) is 3. The molecule has 1 aromatic carbocycles. The van der Waals surface area contributed by atoms with Crippen molar-refractivity contribution in [3.05, 3.63) is 47.4 Å². The van der Waals surface area contributed by atoms with Crippen molar-refractivity contribution in [3.8, 4) is 16.9 Å². The minimum atomic E-state index is 0.747. The standard InChI is InChI=1S/C16H16BrN3O/c1-10-4-14(21-3)5-11(2)15(10)13-6-12(7-17)16-18-9-19-20(16)8-13/h4-6,8-9H,7H2,1-3H3. The molecule has 0 aliphatic heterocycles. The Morgan fingerprint density at radius 1 is 1.19 bits per heavy atom. The first-order valence-electron chi connectivity index (χ1n) is 6.68. The molecule has 0 radical (unpaired) electrons. The lowest BCUT2D eigenvalue weighted by atomic mass is 9.96. The molecule has 2 heterocycles. The van der Waals surface area contributed by atoms with E-state index in [1.54, 1.807) is 13.4 Å². The van der Waals surface area contributed by atoms with Gasteiger partial charge in [0.25, 0.3) is 0 Å². The Bertz CT molecular complexity index is 787. The summed E-state index contributed by atoms with van der Waals surface area (Å²) in [7, 11) is 1.69. The van der Waals surface area contributed by atoms with Crippen LogP contribution in [-0.2, 0) is 5.33 Å². The molecule has 2 aromatic heterocycles. The summed E-state index contributed by atoms with van der Waals surface area (Å²) in [6.07, 6.45) is 3.61. The highest BCUT2D eigenvalue weighted by atomic mass is 79.9. The quantitative estimate of drug-likeness (QED) is 0.675. The summed E-state index contributed by atoms with van der Waals surface area (Å²) in [6, 6.07) is 6.28. The molecule has 0 fully saturated rings. The number of rotatable bonds is 3. The molecule has 0 atom stereocenters. The van der Waals surface area contributed by atoms with Crippen molar-refractivity contribution in [1.29, 1.82) is 0 Å². The molecule has 0 unspecified atom stereocenters. The summed E-state index contributed by atoms with van der Waals surface area (Å²) in [5, 5.41) is 5.01. The number of pyridine rings is 1. The molecule has 0 aliphatic carbocycles. The van der Waals surface area contributed by atoms with Gasteiger partial charge in [0, 0.05) is 22.7 Å². The molecule has 5 heteroatoms. The largest absolute Gasteiger partial charge is 0.497 e. The minimum absolute atomic E-state index is 0.747. The molecule has 0 amide bonds. The first-order chi connectivity index (χ1) is 10.1. The van der Waals surface area contributed by atoms with E-state index in [-0.39, 0.29) is 0 Å². The lowest BCUT2D eigenvalue weighted by molar-refractivity contribution is 0.414. The van der Waals surface area contributed by atoms with E-state index in [1.807, 2.05) is 10.7 Å². The fourth-order valence-electron chi connectivity index (χ4n) is 2.73. The predicted octanol–water partition coefficient (Wildman–Crippen LogP) is 3.92.